The summed E-state index contributed by atoms with van der Waals surface area (Å²) < 4.78 is 1.08. The van der Waals surface area contributed by atoms with Gasteiger partial charge in [0, 0.05) is 22.7 Å². The van der Waals surface area contributed by atoms with Crippen molar-refractivity contribution in [2.75, 3.05) is 11.9 Å². The molecule has 0 saturated carbocycles. The van der Waals surface area contributed by atoms with Gasteiger partial charge in [-0.2, -0.15) is 0 Å². The third-order valence-electron chi connectivity index (χ3n) is 3.10. The molecule has 1 unspecified atom stereocenters. The Hall–Kier alpha value is -1.32. The molecule has 0 aliphatic heterocycles. The summed E-state index contributed by atoms with van der Waals surface area (Å²) >= 11 is 3.48. The van der Waals surface area contributed by atoms with E-state index in [0.29, 0.717) is 12.6 Å². The predicted molar refractivity (Wildman–Crippen MR) is 85.4 cm³/mol. The van der Waals surface area contributed by atoms with E-state index in [-0.39, 0.29) is 0 Å². The highest BCUT2D eigenvalue weighted by Crippen LogP contribution is 2.17. The highest BCUT2D eigenvalue weighted by Gasteiger charge is 2.06. The van der Waals surface area contributed by atoms with Crippen LogP contribution in [0.3, 0.4) is 0 Å². The van der Waals surface area contributed by atoms with Gasteiger partial charge in [-0.15, -0.1) is 0 Å². The molecule has 3 heteroatoms. The number of hydrogen-bond donors (Lipinski definition) is 2. The number of halogens is 1. The summed E-state index contributed by atoms with van der Waals surface area (Å²) in [5.41, 5.74) is 8.32. The lowest BCUT2D eigenvalue weighted by atomic mass is 10.1. The van der Waals surface area contributed by atoms with E-state index in [1.807, 2.05) is 18.2 Å². The number of hydrogen-bond acceptors (Lipinski definition) is 2. The molecular weight excluding hydrogens is 300 g/mol. The van der Waals surface area contributed by atoms with Crippen molar-refractivity contribution in [2.24, 2.45) is 5.73 Å². The minimum absolute atomic E-state index is 0.300. The van der Waals surface area contributed by atoms with Crippen LogP contribution in [0.1, 0.15) is 12.0 Å². The van der Waals surface area contributed by atoms with Gasteiger partial charge >= 0.3 is 0 Å². The number of nitrogens with one attached hydrogen (secondary N) is 1. The SMILES string of the molecule is NCC(CCc1ccccc1)Nc1cccc(Br)c1. The fraction of sp³-hybridized carbons (Fsp3) is 0.250. The van der Waals surface area contributed by atoms with E-state index in [1.54, 1.807) is 0 Å². The first-order valence-corrected chi connectivity index (χ1v) is 7.33. The van der Waals surface area contributed by atoms with Crippen molar-refractivity contribution < 1.29 is 0 Å². The summed E-state index contributed by atoms with van der Waals surface area (Å²) in [4.78, 5) is 0. The van der Waals surface area contributed by atoms with Crippen LogP contribution in [0.2, 0.25) is 0 Å². The van der Waals surface area contributed by atoms with Crippen molar-refractivity contribution in [3.05, 3.63) is 64.6 Å². The molecule has 0 spiro atoms. The van der Waals surface area contributed by atoms with E-state index < -0.39 is 0 Å². The van der Waals surface area contributed by atoms with Gasteiger partial charge in [0.15, 0.2) is 0 Å². The van der Waals surface area contributed by atoms with E-state index in [1.165, 1.54) is 5.56 Å². The summed E-state index contributed by atoms with van der Waals surface area (Å²) in [6.45, 7) is 0.638. The minimum atomic E-state index is 0.300. The normalized spacial score (nSPS) is 12.1. The molecule has 2 rings (SSSR count). The molecule has 0 saturated heterocycles. The fourth-order valence-electron chi connectivity index (χ4n) is 2.05. The topological polar surface area (TPSA) is 38.0 Å². The second kappa shape index (κ2) is 7.31. The van der Waals surface area contributed by atoms with Gasteiger partial charge in [-0.05, 0) is 36.6 Å². The van der Waals surface area contributed by atoms with Gasteiger partial charge < -0.3 is 11.1 Å². The van der Waals surface area contributed by atoms with Crippen molar-refractivity contribution in [2.45, 2.75) is 18.9 Å². The van der Waals surface area contributed by atoms with Crippen molar-refractivity contribution in [3.63, 3.8) is 0 Å². The third kappa shape index (κ3) is 4.69. The maximum absolute atomic E-state index is 5.85. The Morgan fingerprint density at radius 3 is 2.53 bits per heavy atom. The van der Waals surface area contributed by atoms with Crippen LogP contribution in [0.25, 0.3) is 0 Å². The highest BCUT2D eigenvalue weighted by atomic mass is 79.9. The Labute approximate surface area is 123 Å². The molecule has 0 heterocycles. The van der Waals surface area contributed by atoms with Crippen molar-refractivity contribution in [1.82, 2.24) is 0 Å². The van der Waals surface area contributed by atoms with Crippen LogP contribution >= 0.6 is 15.9 Å². The van der Waals surface area contributed by atoms with Crippen LogP contribution in [0.4, 0.5) is 5.69 Å². The summed E-state index contributed by atoms with van der Waals surface area (Å²) in [7, 11) is 0. The first-order chi connectivity index (χ1) is 9.28. The van der Waals surface area contributed by atoms with Crippen molar-refractivity contribution in [3.8, 4) is 0 Å². The molecule has 0 aliphatic carbocycles. The zero-order chi connectivity index (χ0) is 13.5. The summed E-state index contributed by atoms with van der Waals surface area (Å²) in [6.07, 6.45) is 2.08. The predicted octanol–water partition coefficient (Wildman–Crippen LogP) is 3.82. The standard InChI is InChI=1S/C16H19BrN2/c17-14-7-4-8-15(11-14)19-16(12-18)10-9-13-5-2-1-3-6-13/h1-8,11,16,19H,9-10,12,18H2. The quantitative estimate of drug-likeness (QED) is 0.849. The fourth-order valence-corrected chi connectivity index (χ4v) is 2.45. The molecule has 0 aliphatic rings. The second-order valence-corrected chi connectivity index (χ2v) is 5.53. The average Bonchev–Trinajstić information content (AvgIpc) is 2.44. The van der Waals surface area contributed by atoms with Gasteiger partial charge in [-0.3, -0.25) is 0 Å². The molecule has 0 amide bonds. The maximum atomic E-state index is 5.85. The molecule has 0 bridgehead atoms. The van der Waals surface area contributed by atoms with Crippen LogP contribution in [-0.4, -0.2) is 12.6 Å². The zero-order valence-corrected chi connectivity index (χ0v) is 12.4. The number of aryl methyl sites for hydroxylation is 1. The number of benzene rings is 2. The monoisotopic (exact) mass is 318 g/mol. The van der Waals surface area contributed by atoms with Crippen LogP contribution in [0.5, 0.6) is 0 Å². The molecule has 0 radical (unpaired) electrons. The lowest BCUT2D eigenvalue weighted by Gasteiger charge is -2.18. The van der Waals surface area contributed by atoms with Gasteiger partial charge in [0.25, 0.3) is 0 Å². The molecule has 100 valence electrons. The Bertz CT molecular complexity index is 499. The molecular formula is C16H19BrN2. The van der Waals surface area contributed by atoms with Crippen LogP contribution in [0, 0.1) is 0 Å². The van der Waals surface area contributed by atoms with Crippen molar-refractivity contribution >= 4 is 21.6 Å². The van der Waals surface area contributed by atoms with Crippen molar-refractivity contribution in [1.29, 1.82) is 0 Å². The highest BCUT2D eigenvalue weighted by molar-refractivity contribution is 9.10. The number of anilines is 1. The van der Waals surface area contributed by atoms with E-state index in [0.717, 1.165) is 23.0 Å². The number of nitrogens with two attached hydrogens (primary N) is 1. The Morgan fingerprint density at radius 2 is 1.84 bits per heavy atom. The van der Waals surface area contributed by atoms with Gasteiger partial charge in [-0.25, -0.2) is 0 Å². The van der Waals surface area contributed by atoms with Gasteiger partial charge in [0.1, 0.15) is 0 Å². The number of rotatable bonds is 6. The summed E-state index contributed by atoms with van der Waals surface area (Å²) in [5, 5.41) is 3.48. The minimum Gasteiger partial charge on any atom is -0.381 e. The molecule has 0 aromatic heterocycles. The zero-order valence-electron chi connectivity index (χ0n) is 10.9. The van der Waals surface area contributed by atoms with E-state index in [4.69, 9.17) is 5.73 Å². The van der Waals surface area contributed by atoms with Crippen LogP contribution < -0.4 is 11.1 Å². The molecule has 19 heavy (non-hydrogen) atoms. The molecule has 0 fully saturated rings. The van der Waals surface area contributed by atoms with E-state index >= 15 is 0 Å². The Balaban J connectivity index is 1.90. The summed E-state index contributed by atoms with van der Waals surface area (Å²) in [5.74, 6) is 0. The second-order valence-electron chi connectivity index (χ2n) is 4.61. The van der Waals surface area contributed by atoms with Gasteiger partial charge in [-0.1, -0.05) is 52.3 Å². The lowest BCUT2D eigenvalue weighted by Crippen LogP contribution is -2.29. The molecule has 3 N–H and O–H groups in total. The average molecular weight is 319 g/mol. The molecule has 2 aromatic carbocycles. The molecule has 2 nitrogen and oxygen atoms in total. The van der Waals surface area contributed by atoms with Gasteiger partial charge in [0.2, 0.25) is 0 Å². The molecule has 2 aromatic rings. The Morgan fingerprint density at radius 1 is 1.05 bits per heavy atom. The summed E-state index contributed by atoms with van der Waals surface area (Å²) in [6, 6.07) is 19.0. The molecule has 1 atom stereocenters. The lowest BCUT2D eigenvalue weighted by molar-refractivity contribution is 0.660. The van der Waals surface area contributed by atoms with E-state index in [2.05, 4.69) is 57.6 Å². The van der Waals surface area contributed by atoms with E-state index in [9.17, 15) is 0 Å². The smallest absolute Gasteiger partial charge is 0.0386 e. The largest absolute Gasteiger partial charge is 0.381 e. The first-order valence-electron chi connectivity index (χ1n) is 6.54. The first kappa shape index (κ1) is 14.1. The van der Waals surface area contributed by atoms with Gasteiger partial charge in [0.05, 0.1) is 0 Å². The van der Waals surface area contributed by atoms with Crippen LogP contribution in [-0.2, 0) is 6.42 Å². The Kier molecular flexibility index (Phi) is 5.43. The third-order valence-corrected chi connectivity index (χ3v) is 3.60. The van der Waals surface area contributed by atoms with Crippen LogP contribution in [0.15, 0.2) is 59.1 Å². The maximum Gasteiger partial charge on any atom is 0.0386 e.